The van der Waals surface area contributed by atoms with E-state index < -0.39 is 0 Å². The molecule has 0 saturated heterocycles. The first-order valence-electron chi connectivity index (χ1n) is 7.15. The molecule has 1 amide bonds. The molecule has 0 atom stereocenters. The summed E-state index contributed by atoms with van der Waals surface area (Å²) in [5.41, 5.74) is 20.1. The van der Waals surface area contributed by atoms with Crippen molar-refractivity contribution in [3.05, 3.63) is 69.7 Å². The highest BCUT2D eigenvalue weighted by Crippen LogP contribution is 2.23. The van der Waals surface area contributed by atoms with Gasteiger partial charge in [-0.1, -0.05) is 29.5 Å². The lowest BCUT2D eigenvalue weighted by Crippen LogP contribution is -2.20. The third-order valence-electron chi connectivity index (χ3n) is 3.53. The van der Waals surface area contributed by atoms with Crippen molar-refractivity contribution in [2.24, 2.45) is 11.5 Å². The second kappa shape index (κ2) is 6.37. The lowest BCUT2D eigenvalue weighted by Gasteiger charge is -2.15. The molecule has 1 aliphatic rings. The summed E-state index contributed by atoms with van der Waals surface area (Å²) in [6.45, 7) is 5.99. The van der Waals surface area contributed by atoms with E-state index in [0.29, 0.717) is 23.4 Å². The van der Waals surface area contributed by atoms with Crippen LogP contribution in [0.25, 0.3) is 0 Å². The number of anilines is 1. The van der Waals surface area contributed by atoms with Gasteiger partial charge in [0.2, 0.25) is 0 Å². The fraction of sp³-hybridized carbons (Fsp3) is 0.222. The molecule has 1 aromatic rings. The molecule has 4 nitrogen and oxygen atoms in total. The van der Waals surface area contributed by atoms with Crippen LogP contribution in [0.5, 0.6) is 0 Å². The summed E-state index contributed by atoms with van der Waals surface area (Å²) in [6.07, 6.45) is 5.47. The van der Waals surface area contributed by atoms with Crippen LogP contribution in [0.3, 0.4) is 0 Å². The normalized spacial score (nSPS) is 14.4. The number of hydrogen-bond donors (Lipinski definition) is 3. The van der Waals surface area contributed by atoms with Crippen LogP contribution in [0.2, 0.25) is 0 Å². The van der Waals surface area contributed by atoms with Crippen molar-refractivity contribution < 1.29 is 4.79 Å². The molecule has 0 unspecified atom stereocenters. The van der Waals surface area contributed by atoms with Gasteiger partial charge in [0.15, 0.2) is 0 Å². The first-order chi connectivity index (χ1) is 10.4. The zero-order valence-electron chi connectivity index (χ0n) is 13.2. The second-order valence-corrected chi connectivity index (χ2v) is 5.51. The van der Waals surface area contributed by atoms with Crippen molar-refractivity contribution in [2.45, 2.75) is 27.2 Å². The molecule has 0 fully saturated rings. The standard InChI is InChI=1S/C18H21N3O/c1-11-9-12(2)17(13(3)10-11)21-18(22)15-6-4-5-14(19)7-8-16(15)20/h4,6,8-10H,7,19-20H2,1-3H3,(H,21,22). The molecule has 22 heavy (non-hydrogen) atoms. The number of allylic oxidation sites excluding steroid dienone is 2. The van der Waals surface area contributed by atoms with Crippen molar-refractivity contribution in [1.82, 2.24) is 0 Å². The minimum absolute atomic E-state index is 0.234. The van der Waals surface area contributed by atoms with E-state index in [1.165, 1.54) is 5.56 Å². The van der Waals surface area contributed by atoms with Gasteiger partial charge in [-0.15, -0.1) is 0 Å². The minimum atomic E-state index is -0.234. The molecular formula is C18H21N3O. The van der Waals surface area contributed by atoms with Crippen LogP contribution >= 0.6 is 0 Å². The smallest absolute Gasteiger partial charge is 0.257 e. The van der Waals surface area contributed by atoms with Gasteiger partial charge >= 0.3 is 0 Å². The number of rotatable bonds is 2. The van der Waals surface area contributed by atoms with E-state index in [1.54, 1.807) is 18.2 Å². The number of aryl methyl sites for hydroxylation is 3. The van der Waals surface area contributed by atoms with Crippen molar-refractivity contribution in [2.75, 3.05) is 5.32 Å². The van der Waals surface area contributed by atoms with Crippen LogP contribution in [-0.2, 0) is 4.79 Å². The van der Waals surface area contributed by atoms with Crippen molar-refractivity contribution in [3.8, 4) is 0 Å². The predicted octanol–water partition coefficient (Wildman–Crippen LogP) is 2.72. The summed E-state index contributed by atoms with van der Waals surface area (Å²) in [4.78, 5) is 12.5. The molecular weight excluding hydrogens is 274 g/mol. The van der Waals surface area contributed by atoms with E-state index in [-0.39, 0.29) is 5.91 Å². The number of nitrogens with two attached hydrogens (primary N) is 2. The molecule has 0 aliphatic heterocycles. The van der Waals surface area contributed by atoms with Crippen LogP contribution in [0, 0.1) is 20.8 Å². The predicted molar refractivity (Wildman–Crippen MR) is 90.0 cm³/mol. The number of amides is 1. The van der Waals surface area contributed by atoms with E-state index >= 15 is 0 Å². The zero-order chi connectivity index (χ0) is 16.3. The molecule has 2 rings (SSSR count). The Morgan fingerprint density at radius 2 is 1.82 bits per heavy atom. The van der Waals surface area contributed by atoms with E-state index in [0.717, 1.165) is 16.8 Å². The molecule has 4 heteroatoms. The molecule has 1 aromatic carbocycles. The Kier molecular flexibility index (Phi) is 4.54. The highest BCUT2D eigenvalue weighted by Gasteiger charge is 2.15. The summed E-state index contributed by atoms with van der Waals surface area (Å²) in [5.74, 6) is -0.234. The van der Waals surface area contributed by atoms with Crippen LogP contribution < -0.4 is 16.8 Å². The summed E-state index contributed by atoms with van der Waals surface area (Å²) < 4.78 is 0. The van der Waals surface area contributed by atoms with Crippen LogP contribution in [0.15, 0.2) is 53.1 Å². The van der Waals surface area contributed by atoms with E-state index in [2.05, 4.69) is 11.0 Å². The van der Waals surface area contributed by atoms with Crippen molar-refractivity contribution >= 4 is 11.6 Å². The fourth-order valence-electron chi connectivity index (χ4n) is 2.48. The van der Waals surface area contributed by atoms with Gasteiger partial charge in [0.1, 0.15) is 0 Å². The van der Waals surface area contributed by atoms with Gasteiger partial charge in [-0.25, -0.2) is 0 Å². The van der Waals surface area contributed by atoms with Crippen LogP contribution in [-0.4, -0.2) is 5.91 Å². The molecule has 114 valence electrons. The Labute approximate surface area is 130 Å². The third-order valence-corrected chi connectivity index (χ3v) is 3.53. The Morgan fingerprint density at radius 3 is 2.45 bits per heavy atom. The molecule has 0 heterocycles. The Hall–Kier alpha value is -2.71. The summed E-state index contributed by atoms with van der Waals surface area (Å²) in [7, 11) is 0. The Bertz CT molecular complexity index is 725. The van der Waals surface area contributed by atoms with E-state index in [1.807, 2.05) is 32.9 Å². The average molecular weight is 295 g/mol. The monoisotopic (exact) mass is 295 g/mol. The summed E-state index contributed by atoms with van der Waals surface area (Å²) >= 11 is 0. The van der Waals surface area contributed by atoms with Gasteiger partial charge < -0.3 is 16.8 Å². The highest BCUT2D eigenvalue weighted by atomic mass is 16.1. The molecule has 1 aliphatic carbocycles. The number of carbonyl (C=O) groups is 1. The molecule has 0 saturated carbocycles. The summed E-state index contributed by atoms with van der Waals surface area (Å²) in [6, 6.07) is 4.08. The van der Waals surface area contributed by atoms with Gasteiger partial charge in [-0.2, -0.15) is 0 Å². The van der Waals surface area contributed by atoms with E-state index in [4.69, 9.17) is 11.5 Å². The van der Waals surface area contributed by atoms with Gasteiger partial charge in [-0.3, -0.25) is 4.79 Å². The number of nitrogens with one attached hydrogen (secondary N) is 1. The largest absolute Gasteiger partial charge is 0.398 e. The van der Waals surface area contributed by atoms with E-state index in [9.17, 15) is 4.79 Å². The SMILES string of the molecule is Cc1cc(C)c(NC(=O)C2=CC=C=C(N)CC=C2N)c(C)c1. The lowest BCUT2D eigenvalue weighted by atomic mass is 10.0. The molecule has 0 aromatic heterocycles. The average Bonchev–Trinajstić information content (AvgIpc) is 2.43. The number of benzene rings is 1. The molecule has 0 bridgehead atoms. The summed E-state index contributed by atoms with van der Waals surface area (Å²) in [5, 5.41) is 2.95. The van der Waals surface area contributed by atoms with Gasteiger partial charge in [-0.05, 0) is 44.1 Å². The van der Waals surface area contributed by atoms with Crippen LogP contribution in [0.1, 0.15) is 23.1 Å². The van der Waals surface area contributed by atoms with Crippen molar-refractivity contribution in [3.63, 3.8) is 0 Å². The maximum Gasteiger partial charge on any atom is 0.257 e. The Morgan fingerprint density at radius 1 is 1.18 bits per heavy atom. The fourth-order valence-corrected chi connectivity index (χ4v) is 2.48. The highest BCUT2D eigenvalue weighted by molar-refractivity contribution is 6.07. The quantitative estimate of drug-likeness (QED) is 0.734. The van der Waals surface area contributed by atoms with Gasteiger partial charge in [0, 0.05) is 17.8 Å². The first kappa shape index (κ1) is 15.7. The van der Waals surface area contributed by atoms with Crippen LogP contribution in [0.4, 0.5) is 5.69 Å². The maximum atomic E-state index is 12.5. The van der Waals surface area contributed by atoms with Gasteiger partial charge in [0.05, 0.1) is 11.3 Å². The lowest BCUT2D eigenvalue weighted by molar-refractivity contribution is -0.112. The van der Waals surface area contributed by atoms with Crippen molar-refractivity contribution in [1.29, 1.82) is 0 Å². The molecule has 5 N–H and O–H groups in total. The minimum Gasteiger partial charge on any atom is -0.398 e. The molecule has 0 spiro atoms. The Balaban J connectivity index is 2.33. The molecule has 0 radical (unpaired) electrons. The number of hydrogen-bond acceptors (Lipinski definition) is 3. The zero-order valence-corrected chi connectivity index (χ0v) is 13.2. The third kappa shape index (κ3) is 3.48. The topological polar surface area (TPSA) is 81.1 Å². The number of carbonyl (C=O) groups excluding carboxylic acids is 1. The second-order valence-electron chi connectivity index (χ2n) is 5.51. The first-order valence-corrected chi connectivity index (χ1v) is 7.15. The maximum absolute atomic E-state index is 12.5. The van der Waals surface area contributed by atoms with Gasteiger partial charge in [0.25, 0.3) is 5.91 Å².